The Morgan fingerprint density at radius 2 is 2.24 bits per heavy atom. The number of methoxy groups -OCH3 is 1. The topological polar surface area (TPSA) is 56.2 Å². The molecule has 0 amide bonds. The van der Waals surface area contributed by atoms with Crippen LogP contribution in [0.25, 0.3) is 10.2 Å². The van der Waals surface area contributed by atoms with Gasteiger partial charge >= 0.3 is 0 Å². The molecule has 1 atom stereocenters. The smallest absolute Gasteiger partial charge is 0.262 e. The van der Waals surface area contributed by atoms with Crippen LogP contribution in [0.1, 0.15) is 28.8 Å². The van der Waals surface area contributed by atoms with Gasteiger partial charge in [0.15, 0.2) is 0 Å². The molecule has 8 heteroatoms. The minimum Gasteiger partial charge on any atom is -0.385 e. The van der Waals surface area contributed by atoms with E-state index in [-0.39, 0.29) is 18.1 Å². The van der Waals surface area contributed by atoms with Crippen molar-refractivity contribution in [1.82, 2.24) is 14.9 Å². The van der Waals surface area contributed by atoms with Crippen LogP contribution in [0, 0.1) is 11.6 Å². The van der Waals surface area contributed by atoms with Gasteiger partial charge in [0.05, 0.1) is 11.7 Å². The first-order chi connectivity index (χ1) is 14.1. The van der Waals surface area contributed by atoms with E-state index in [4.69, 9.17) is 4.74 Å². The number of rotatable bonds is 7. The third-order valence-electron chi connectivity index (χ3n) is 5.37. The number of thiophene rings is 1. The van der Waals surface area contributed by atoms with Crippen molar-refractivity contribution in [2.75, 3.05) is 13.7 Å². The first-order valence-electron chi connectivity index (χ1n) is 9.72. The van der Waals surface area contributed by atoms with Crippen LogP contribution in [0.2, 0.25) is 0 Å². The van der Waals surface area contributed by atoms with Gasteiger partial charge < -0.3 is 10.1 Å². The zero-order valence-corrected chi connectivity index (χ0v) is 17.0. The molecule has 3 aromatic rings. The molecule has 1 aliphatic carbocycles. The second-order valence-corrected chi connectivity index (χ2v) is 8.41. The maximum absolute atomic E-state index is 13.8. The minimum absolute atomic E-state index is 0.0110. The van der Waals surface area contributed by atoms with Crippen molar-refractivity contribution in [2.45, 2.75) is 44.8 Å². The van der Waals surface area contributed by atoms with Gasteiger partial charge in [-0.05, 0) is 49.4 Å². The van der Waals surface area contributed by atoms with Crippen LogP contribution < -0.4 is 10.9 Å². The molecule has 0 aliphatic heterocycles. The first kappa shape index (κ1) is 20.1. The first-order valence-corrected chi connectivity index (χ1v) is 10.5. The molecule has 154 valence electrons. The van der Waals surface area contributed by atoms with Gasteiger partial charge in [0.2, 0.25) is 0 Å². The Labute approximate surface area is 171 Å². The molecule has 0 radical (unpaired) electrons. The summed E-state index contributed by atoms with van der Waals surface area (Å²) < 4.78 is 33.9. The molecule has 5 nitrogen and oxygen atoms in total. The van der Waals surface area contributed by atoms with Gasteiger partial charge in [0.25, 0.3) is 5.56 Å². The fourth-order valence-corrected chi connectivity index (χ4v) is 5.10. The summed E-state index contributed by atoms with van der Waals surface area (Å²) in [4.78, 5) is 19.3. The Bertz CT molecular complexity index is 1080. The molecule has 4 rings (SSSR count). The summed E-state index contributed by atoms with van der Waals surface area (Å²) in [5.41, 5.74) is 1.43. The van der Waals surface area contributed by atoms with E-state index in [0.717, 1.165) is 58.5 Å². The average Bonchev–Trinajstić information content (AvgIpc) is 3.09. The number of aromatic nitrogens is 2. The number of hydrogen-bond donors (Lipinski definition) is 1. The second kappa shape index (κ2) is 8.69. The number of halogens is 2. The fraction of sp³-hybridized carbons (Fsp3) is 0.429. The van der Waals surface area contributed by atoms with Crippen molar-refractivity contribution in [1.29, 1.82) is 0 Å². The molecule has 29 heavy (non-hydrogen) atoms. The van der Waals surface area contributed by atoms with Crippen molar-refractivity contribution < 1.29 is 13.5 Å². The summed E-state index contributed by atoms with van der Waals surface area (Å²) in [6, 6.07) is 3.66. The van der Waals surface area contributed by atoms with E-state index in [1.165, 1.54) is 6.07 Å². The Hall–Kier alpha value is -2.16. The van der Waals surface area contributed by atoms with Gasteiger partial charge in [-0.2, -0.15) is 0 Å². The van der Waals surface area contributed by atoms with Crippen molar-refractivity contribution in [3.63, 3.8) is 0 Å². The standard InChI is InChI=1S/C21H23F2N3O2S/c1-28-8-2-7-26-12-25-20-19(21(26)27)16-5-4-15(10-18(16)29-20)24-11-13-9-14(22)3-6-17(13)23/h3,6,9,12,15,24H,2,4-5,7-8,10-11H2,1H3/t15-/m1/s1. The van der Waals surface area contributed by atoms with Crippen molar-refractivity contribution in [3.05, 3.63) is 62.5 Å². The van der Waals surface area contributed by atoms with Crippen molar-refractivity contribution in [3.8, 4) is 0 Å². The molecule has 0 fully saturated rings. The summed E-state index contributed by atoms with van der Waals surface area (Å²) in [5, 5.41) is 4.07. The van der Waals surface area contributed by atoms with Gasteiger partial charge in [-0.25, -0.2) is 13.8 Å². The molecule has 0 spiro atoms. The SMILES string of the molecule is COCCCn1cnc2sc3c(c2c1=O)CC[C@@H](NCc1cc(F)ccc1F)C3. The molecule has 1 aromatic carbocycles. The zero-order valence-electron chi connectivity index (χ0n) is 16.2. The fourth-order valence-electron chi connectivity index (χ4n) is 3.85. The third-order valence-corrected chi connectivity index (χ3v) is 6.53. The molecule has 0 unspecified atom stereocenters. The minimum atomic E-state index is -0.438. The van der Waals surface area contributed by atoms with Crippen LogP contribution in [0.15, 0.2) is 29.3 Å². The Balaban J connectivity index is 1.50. The number of fused-ring (bicyclic) bond motifs is 3. The average molecular weight is 419 g/mol. The number of aryl methyl sites for hydroxylation is 2. The number of nitrogens with one attached hydrogen (secondary N) is 1. The highest BCUT2D eigenvalue weighted by atomic mass is 32.1. The summed E-state index contributed by atoms with van der Waals surface area (Å²) in [5.74, 6) is -0.845. The summed E-state index contributed by atoms with van der Waals surface area (Å²) in [6.07, 6.45) is 4.76. The number of benzene rings is 1. The maximum Gasteiger partial charge on any atom is 0.262 e. The summed E-state index contributed by atoms with van der Waals surface area (Å²) in [7, 11) is 1.65. The quantitative estimate of drug-likeness (QED) is 0.597. The van der Waals surface area contributed by atoms with Crippen molar-refractivity contribution >= 4 is 21.6 Å². The predicted octanol–water partition coefficient (Wildman–Crippen LogP) is 3.42. The summed E-state index contributed by atoms with van der Waals surface area (Å²) in [6.45, 7) is 1.47. The highest BCUT2D eigenvalue weighted by Gasteiger charge is 2.25. The molecule has 0 saturated heterocycles. The lowest BCUT2D eigenvalue weighted by Gasteiger charge is -2.23. The molecule has 1 aliphatic rings. The highest BCUT2D eigenvalue weighted by molar-refractivity contribution is 7.18. The van der Waals surface area contributed by atoms with Crippen LogP contribution in [0.4, 0.5) is 8.78 Å². The Morgan fingerprint density at radius 1 is 1.38 bits per heavy atom. The van der Waals surface area contributed by atoms with E-state index in [1.807, 2.05) is 0 Å². The van der Waals surface area contributed by atoms with Crippen LogP contribution in [-0.2, 0) is 30.7 Å². The maximum atomic E-state index is 13.8. The second-order valence-electron chi connectivity index (χ2n) is 7.33. The molecule has 2 aromatic heterocycles. The van der Waals surface area contributed by atoms with E-state index < -0.39 is 11.6 Å². The van der Waals surface area contributed by atoms with E-state index in [1.54, 1.807) is 29.3 Å². The monoisotopic (exact) mass is 419 g/mol. The van der Waals surface area contributed by atoms with E-state index >= 15 is 0 Å². The molecule has 2 heterocycles. The van der Waals surface area contributed by atoms with Crippen LogP contribution in [-0.4, -0.2) is 29.3 Å². The van der Waals surface area contributed by atoms with Gasteiger partial charge in [-0.1, -0.05) is 0 Å². The van der Waals surface area contributed by atoms with Crippen LogP contribution in [0.3, 0.4) is 0 Å². The van der Waals surface area contributed by atoms with E-state index in [0.29, 0.717) is 18.7 Å². The third kappa shape index (κ3) is 4.24. The summed E-state index contributed by atoms with van der Waals surface area (Å²) >= 11 is 1.56. The largest absolute Gasteiger partial charge is 0.385 e. The Kier molecular flexibility index (Phi) is 6.03. The van der Waals surface area contributed by atoms with Gasteiger partial charge in [0.1, 0.15) is 16.5 Å². The van der Waals surface area contributed by atoms with Gasteiger partial charge in [-0.15, -0.1) is 11.3 Å². The Morgan fingerprint density at radius 3 is 3.07 bits per heavy atom. The lowest BCUT2D eigenvalue weighted by molar-refractivity contribution is 0.190. The zero-order chi connectivity index (χ0) is 20.4. The number of ether oxygens (including phenoxy) is 1. The lowest BCUT2D eigenvalue weighted by atomic mass is 9.93. The van der Waals surface area contributed by atoms with Crippen LogP contribution in [0.5, 0.6) is 0 Å². The molecular weight excluding hydrogens is 396 g/mol. The molecular formula is C21H23F2N3O2S. The van der Waals surface area contributed by atoms with E-state index in [2.05, 4.69) is 10.3 Å². The highest BCUT2D eigenvalue weighted by Crippen LogP contribution is 2.33. The van der Waals surface area contributed by atoms with E-state index in [9.17, 15) is 13.6 Å². The van der Waals surface area contributed by atoms with Gasteiger partial charge in [0, 0.05) is 43.3 Å². The molecule has 1 N–H and O–H groups in total. The normalized spacial score (nSPS) is 16.3. The van der Waals surface area contributed by atoms with Gasteiger partial charge in [-0.3, -0.25) is 9.36 Å². The number of nitrogens with zero attached hydrogens (tertiary/aromatic N) is 2. The predicted molar refractivity (Wildman–Crippen MR) is 109 cm³/mol. The van der Waals surface area contributed by atoms with Crippen molar-refractivity contribution in [2.24, 2.45) is 0 Å². The lowest BCUT2D eigenvalue weighted by Crippen LogP contribution is -2.34. The number of hydrogen-bond acceptors (Lipinski definition) is 5. The molecule has 0 bridgehead atoms. The molecule has 0 saturated carbocycles. The van der Waals surface area contributed by atoms with Crippen LogP contribution >= 0.6 is 11.3 Å².